The molecule has 0 aromatic rings. The highest BCUT2D eigenvalue weighted by Crippen LogP contribution is 2.13. The first-order valence-electron chi connectivity index (χ1n) is 6.38. The predicted molar refractivity (Wildman–Crippen MR) is 67.5 cm³/mol. The maximum Gasteiger partial charge on any atom is 0.310 e. The Morgan fingerprint density at radius 3 is 2.06 bits per heavy atom. The fraction of sp³-hybridized carbons (Fsp3) is 0.846. The first-order chi connectivity index (χ1) is 8.01. The summed E-state index contributed by atoms with van der Waals surface area (Å²) in [4.78, 5) is 25.2. The number of nitrogens with zero attached hydrogens (tertiary/aromatic N) is 1. The molecule has 0 rings (SSSR count). The van der Waals surface area contributed by atoms with Gasteiger partial charge in [0.25, 0.3) is 0 Å². The highest BCUT2D eigenvalue weighted by Gasteiger charge is 2.24. The van der Waals surface area contributed by atoms with E-state index >= 15 is 0 Å². The number of esters is 1. The van der Waals surface area contributed by atoms with Crippen LogP contribution >= 0.6 is 0 Å². The van der Waals surface area contributed by atoms with Crippen molar-refractivity contribution in [2.45, 2.75) is 40.5 Å². The van der Waals surface area contributed by atoms with Crippen LogP contribution in [0.5, 0.6) is 0 Å². The van der Waals surface area contributed by atoms with E-state index in [1.54, 1.807) is 11.8 Å². The Balaban J connectivity index is 4.51. The SMILES string of the molecule is CCC(CC)C(=O)N(CC)CC(C)C(=O)OC. The Morgan fingerprint density at radius 1 is 1.18 bits per heavy atom. The molecule has 1 amide bonds. The van der Waals surface area contributed by atoms with Gasteiger partial charge in [-0.1, -0.05) is 20.8 Å². The van der Waals surface area contributed by atoms with Gasteiger partial charge in [0, 0.05) is 19.0 Å². The Kier molecular flexibility index (Phi) is 7.59. The van der Waals surface area contributed by atoms with E-state index in [2.05, 4.69) is 4.74 Å². The van der Waals surface area contributed by atoms with Gasteiger partial charge >= 0.3 is 5.97 Å². The second-order valence-electron chi connectivity index (χ2n) is 4.31. The van der Waals surface area contributed by atoms with E-state index in [9.17, 15) is 9.59 Å². The standard InChI is InChI=1S/C13H25NO3/c1-6-11(7-2)12(15)14(8-3)9-10(4)13(16)17-5/h10-11H,6-9H2,1-5H3. The molecule has 17 heavy (non-hydrogen) atoms. The third kappa shape index (κ3) is 4.75. The first kappa shape index (κ1) is 15.9. The summed E-state index contributed by atoms with van der Waals surface area (Å²) in [5.41, 5.74) is 0. The number of hydrogen-bond acceptors (Lipinski definition) is 3. The van der Waals surface area contributed by atoms with Crippen LogP contribution in [-0.4, -0.2) is 37.0 Å². The van der Waals surface area contributed by atoms with Crippen molar-refractivity contribution in [2.24, 2.45) is 11.8 Å². The van der Waals surface area contributed by atoms with Crippen LogP contribution in [0.1, 0.15) is 40.5 Å². The maximum atomic E-state index is 12.2. The molecule has 0 bridgehead atoms. The van der Waals surface area contributed by atoms with Gasteiger partial charge in [0.1, 0.15) is 0 Å². The van der Waals surface area contributed by atoms with Crippen LogP contribution in [0, 0.1) is 11.8 Å². The molecule has 0 radical (unpaired) electrons. The molecule has 0 aliphatic rings. The molecule has 0 saturated carbocycles. The van der Waals surface area contributed by atoms with Crippen LogP contribution in [-0.2, 0) is 14.3 Å². The van der Waals surface area contributed by atoms with Gasteiger partial charge in [-0.15, -0.1) is 0 Å². The molecule has 0 heterocycles. The Labute approximate surface area is 104 Å². The average molecular weight is 243 g/mol. The second kappa shape index (κ2) is 8.09. The van der Waals surface area contributed by atoms with Crippen LogP contribution in [0.25, 0.3) is 0 Å². The molecule has 0 saturated heterocycles. The van der Waals surface area contributed by atoms with Crippen molar-refractivity contribution in [1.29, 1.82) is 0 Å². The lowest BCUT2D eigenvalue weighted by atomic mass is 10.0. The van der Waals surface area contributed by atoms with Crippen LogP contribution < -0.4 is 0 Å². The molecule has 0 fully saturated rings. The van der Waals surface area contributed by atoms with Crippen molar-refractivity contribution in [3.63, 3.8) is 0 Å². The predicted octanol–water partition coefficient (Wildman–Crippen LogP) is 2.08. The van der Waals surface area contributed by atoms with Gasteiger partial charge in [0.05, 0.1) is 13.0 Å². The van der Waals surface area contributed by atoms with E-state index in [1.165, 1.54) is 7.11 Å². The second-order valence-corrected chi connectivity index (χ2v) is 4.31. The minimum atomic E-state index is -0.265. The quantitative estimate of drug-likeness (QED) is 0.643. The maximum absolute atomic E-state index is 12.2. The van der Waals surface area contributed by atoms with E-state index < -0.39 is 0 Å². The van der Waals surface area contributed by atoms with Crippen LogP contribution in [0.4, 0.5) is 0 Å². The molecule has 1 unspecified atom stereocenters. The molecule has 4 heteroatoms. The highest BCUT2D eigenvalue weighted by atomic mass is 16.5. The van der Waals surface area contributed by atoms with Gasteiger partial charge in [-0.3, -0.25) is 9.59 Å². The number of carbonyl (C=O) groups is 2. The number of hydrogen-bond donors (Lipinski definition) is 0. The topological polar surface area (TPSA) is 46.6 Å². The molecular weight excluding hydrogens is 218 g/mol. The summed E-state index contributed by atoms with van der Waals surface area (Å²) in [6.07, 6.45) is 1.69. The van der Waals surface area contributed by atoms with Gasteiger partial charge < -0.3 is 9.64 Å². The smallest absolute Gasteiger partial charge is 0.310 e. The van der Waals surface area contributed by atoms with Gasteiger partial charge in [0.15, 0.2) is 0 Å². The van der Waals surface area contributed by atoms with Crippen molar-refractivity contribution in [1.82, 2.24) is 4.90 Å². The molecular formula is C13H25NO3. The lowest BCUT2D eigenvalue weighted by Gasteiger charge is -2.27. The summed E-state index contributed by atoms with van der Waals surface area (Å²) in [5, 5.41) is 0. The van der Waals surface area contributed by atoms with Gasteiger partial charge in [-0.05, 0) is 19.8 Å². The third-order valence-electron chi connectivity index (χ3n) is 3.13. The van der Waals surface area contributed by atoms with Crippen molar-refractivity contribution >= 4 is 11.9 Å². The van der Waals surface area contributed by atoms with E-state index in [0.29, 0.717) is 13.1 Å². The van der Waals surface area contributed by atoms with Crippen molar-refractivity contribution in [2.75, 3.05) is 20.2 Å². The normalized spacial score (nSPS) is 12.4. The Bertz CT molecular complexity index is 249. The first-order valence-corrected chi connectivity index (χ1v) is 6.38. The number of rotatable bonds is 7. The van der Waals surface area contributed by atoms with Crippen molar-refractivity contribution in [3.05, 3.63) is 0 Å². The van der Waals surface area contributed by atoms with Crippen LogP contribution in [0.2, 0.25) is 0 Å². The monoisotopic (exact) mass is 243 g/mol. The van der Waals surface area contributed by atoms with E-state index in [-0.39, 0.29) is 23.7 Å². The summed E-state index contributed by atoms with van der Waals surface area (Å²) in [5.74, 6) is -0.313. The number of ether oxygens (including phenoxy) is 1. The molecule has 4 nitrogen and oxygen atoms in total. The van der Waals surface area contributed by atoms with Gasteiger partial charge in [-0.2, -0.15) is 0 Å². The van der Waals surface area contributed by atoms with Crippen molar-refractivity contribution in [3.8, 4) is 0 Å². The fourth-order valence-corrected chi connectivity index (χ4v) is 1.88. The Hall–Kier alpha value is -1.06. The van der Waals surface area contributed by atoms with Gasteiger partial charge in [0.2, 0.25) is 5.91 Å². The summed E-state index contributed by atoms with van der Waals surface area (Å²) < 4.78 is 4.67. The minimum absolute atomic E-state index is 0.0693. The zero-order valence-corrected chi connectivity index (χ0v) is 11.7. The highest BCUT2D eigenvalue weighted by molar-refractivity contribution is 5.80. The summed E-state index contributed by atoms with van der Waals surface area (Å²) in [7, 11) is 1.37. The molecule has 1 atom stereocenters. The van der Waals surface area contributed by atoms with E-state index in [4.69, 9.17) is 0 Å². The van der Waals surface area contributed by atoms with Crippen molar-refractivity contribution < 1.29 is 14.3 Å². The zero-order valence-electron chi connectivity index (χ0n) is 11.7. The molecule has 0 aromatic heterocycles. The Morgan fingerprint density at radius 2 is 1.71 bits per heavy atom. The summed E-state index contributed by atoms with van der Waals surface area (Å²) in [6.45, 7) is 8.83. The lowest BCUT2D eigenvalue weighted by Crippen LogP contribution is -2.40. The average Bonchev–Trinajstić information content (AvgIpc) is 2.35. The summed E-state index contributed by atoms with van der Waals surface area (Å²) in [6, 6.07) is 0. The van der Waals surface area contributed by atoms with Crippen LogP contribution in [0.15, 0.2) is 0 Å². The molecule has 0 spiro atoms. The number of amides is 1. The number of carbonyl (C=O) groups excluding carboxylic acids is 2. The number of methoxy groups -OCH3 is 1. The van der Waals surface area contributed by atoms with E-state index in [0.717, 1.165) is 12.8 Å². The molecule has 0 aliphatic heterocycles. The van der Waals surface area contributed by atoms with E-state index in [1.807, 2.05) is 20.8 Å². The fourth-order valence-electron chi connectivity index (χ4n) is 1.88. The minimum Gasteiger partial charge on any atom is -0.469 e. The summed E-state index contributed by atoms with van der Waals surface area (Å²) >= 11 is 0. The molecule has 0 N–H and O–H groups in total. The largest absolute Gasteiger partial charge is 0.469 e. The molecule has 100 valence electrons. The third-order valence-corrected chi connectivity index (χ3v) is 3.13. The molecule has 0 aromatic carbocycles. The van der Waals surface area contributed by atoms with Crippen LogP contribution in [0.3, 0.4) is 0 Å². The lowest BCUT2D eigenvalue weighted by molar-refractivity contribution is -0.147. The molecule has 0 aliphatic carbocycles. The van der Waals surface area contributed by atoms with Gasteiger partial charge in [-0.25, -0.2) is 0 Å². The zero-order chi connectivity index (χ0) is 13.4.